The monoisotopic (exact) mass is 287 g/mol. The minimum absolute atomic E-state index is 0.106. The number of thiophene rings is 1. The molecule has 2 bridgehead atoms. The van der Waals surface area contributed by atoms with Crippen LogP contribution < -0.4 is 5.32 Å². The quantitative estimate of drug-likeness (QED) is 0.880. The van der Waals surface area contributed by atoms with Crippen molar-refractivity contribution in [1.82, 2.24) is 5.32 Å². The van der Waals surface area contributed by atoms with Gasteiger partial charge in [0.15, 0.2) is 0 Å². The zero-order valence-electron chi connectivity index (χ0n) is 11.6. The summed E-state index contributed by atoms with van der Waals surface area (Å²) in [5, 5.41) is 6.42. The van der Waals surface area contributed by atoms with Crippen molar-refractivity contribution in [2.75, 3.05) is 13.6 Å². The summed E-state index contributed by atoms with van der Waals surface area (Å²) < 4.78 is 15.2. The molecule has 1 aromatic heterocycles. The molecule has 0 saturated heterocycles. The second-order valence-corrected chi connectivity index (χ2v) is 6.88. The van der Waals surface area contributed by atoms with E-state index in [2.05, 4.69) is 10.7 Å². The van der Waals surface area contributed by atoms with Crippen LogP contribution in [0.4, 0.5) is 4.39 Å². The summed E-state index contributed by atoms with van der Waals surface area (Å²) in [5.74, 6) is 1.26. The summed E-state index contributed by atoms with van der Waals surface area (Å²) in [7, 11) is 2.00. The minimum Gasteiger partial charge on any atom is -0.316 e. The Labute approximate surface area is 122 Å². The highest BCUT2D eigenvalue weighted by molar-refractivity contribution is 7.17. The molecule has 1 saturated carbocycles. The molecule has 104 valence electrons. The molecule has 2 aliphatic carbocycles. The Bertz CT molecular complexity index is 700. The van der Waals surface area contributed by atoms with Crippen LogP contribution in [0.25, 0.3) is 15.7 Å². The highest BCUT2D eigenvalue weighted by Crippen LogP contribution is 2.53. The molecule has 4 rings (SSSR count). The average molecular weight is 287 g/mol. The van der Waals surface area contributed by atoms with E-state index in [0.29, 0.717) is 5.92 Å². The maximum atomic E-state index is 13.9. The molecule has 2 aromatic rings. The van der Waals surface area contributed by atoms with Gasteiger partial charge in [-0.05, 0) is 83.8 Å². The number of halogens is 1. The summed E-state index contributed by atoms with van der Waals surface area (Å²) >= 11 is 1.74. The predicted octanol–water partition coefficient (Wildman–Crippen LogP) is 4.44. The number of nitrogens with one attached hydrogen (secondary N) is 1. The van der Waals surface area contributed by atoms with Gasteiger partial charge in [-0.2, -0.15) is 0 Å². The van der Waals surface area contributed by atoms with Crippen molar-refractivity contribution in [3.05, 3.63) is 40.5 Å². The van der Waals surface area contributed by atoms with Gasteiger partial charge in [-0.15, -0.1) is 11.3 Å². The fraction of sp³-hybridized carbons (Fsp3) is 0.412. The lowest BCUT2D eigenvalue weighted by atomic mass is 9.86. The van der Waals surface area contributed by atoms with Crippen molar-refractivity contribution in [1.29, 1.82) is 0 Å². The first-order valence-corrected chi connectivity index (χ1v) is 8.20. The van der Waals surface area contributed by atoms with E-state index in [-0.39, 0.29) is 5.82 Å². The van der Waals surface area contributed by atoms with Crippen LogP contribution in [0.5, 0.6) is 0 Å². The van der Waals surface area contributed by atoms with Crippen molar-refractivity contribution in [2.45, 2.75) is 19.3 Å². The smallest absolute Gasteiger partial charge is 0.124 e. The summed E-state index contributed by atoms with van der Waals surface area (Å²) in [6, 6.07) is 5.43. The van der Waals surface area contributed by atoms with Crippen molar-refractivity contribution >= 4 is 27.0 Å². The first-order valence-electron chi connectivity index (χ1n) is 7.32. The number of hydrogen-bond acceptors (Lipinski definition) is 2. The topological polar surface area (TPSA) is 12.0 Å². The standard InChI is InChI=1S/C17H18FNS/c1-19-9-15-10-2-3-11(6-10)16(15)14-8-13(18)7-12-4-5-20-17(12)14/h4-5,7-8,10-11,19H,2-3,6,9H2,1H3. The summed E-state index contributed by atoms with van der Waals surface area (Å²) in [4.78, 5) is 0. The Morgan fingerprint density at radius 3 is 3.00 bits per heavy atom. The van der Waals surface area contributed by atoms with Crippen LogP contribution in [0.2, 0.25) is 0 Å². The van der Waals surface area contributed by atoms with Crippen molar-refractivity contribution in [3.8, 4) is 0 Å². The van der Waals surface area contributed by atoms with Crippen molar-refractivity contribution in [3.63, 3.8) is 0 Å². The Kier molecular flexibility index (Phi) is 2.93. The van der Waals surface area contributed by atoms with E-state index in [1.807, 2.05) is 13.1 Å². The van der Waals surface area contributed by atoms with Gasteiger partial charge in [0, 0.05) is 11.2 Å². The van der Waals surface area contributed by atoms with Crippen LogP contribution in [-0.2, 0) is 0 Å². The number of allylic oxidation sites excluding steroid dienone is 1. The third-order valence-electron chi connectivity index (χ3n) is 4.85. The molecule has 0 radical (unpaired) electrons. The van der Waals surface area contributed by atoms with Crippen LogP contribution in [0, 0.1) is 17.7 Å². The van der Waals surface area contributed by atoms with E-state index in [1.54, 1.807) is 23.5 Å². The summed E-state index contributed by atoms with van der Waals surface area (Å²) in [5.41, 5.74) is 4.14. The lowest BCUT2D eigenvalue weighted by Gasteiger charge is -2.21. The predicted molar refractivity (Wildman–Crippen MR) is 83.5 cm³/mol. The number of hydrogen-bond donors (Lipinski definition) is 1. The Morgan fingerprint density at radius 1 is 1.30 bits per heavy atom. The third-order valence-corrected chi connectivity index (χ3v) is 5.82. The van der Waals surface area contributed by atoms with E-state index in [9.17, 15) is 4.39 Å². The molecule has 1 heterocycles. The number of rotatable bonds is 3. The molecular formula is C17H18FNS. The van der Waals surface area contributed by atoms with Crippen LogP contribution >= 0.6 is 11.3 Å². The van der Waals surface area contributed by atoms with Gasteiger partial charge >= 0.3 is 0 Å². The van der Waals surface area contributed by atoms with Crippen molar-refractivity contribution in [2.24, 2.45) is 11.8 Å². The third kappa shape index (κ3) is 1.76. The molecule has 1 nitrogen and oxygen atoms in total. The Hall–Kier alpha value is -1.19. The van der Waals surface area contributed by atoms with E-state index in [4.69, 9.17) is 0 Å². The van der Waals surface area contributed by atoms with E-state index in [0.717, 1.165) is 23.4 Å². The molecule has 2 atom stereocenters. The largest absolute Gasteiger partial charge is 0.316 e. The van der Waals surface area contributed by atoms with E-state index >= 15 is 0 Å². The lowest BCUT2D eigenvalue weighted by molar-refractivity contribution is 0.626. The average Bonchev–Trinajstić information content (AvgIpc) is 3.12. The highest BCUT2D eigenvalue weighted by atomic mass is 32.1. The molecule has 3 heteroatoms. The highest BCUT2D eigenvalue weighted by Gasteiger charge is 2.39. The van der Waals surface area contributed by atoms with Gasteiger partial charge in [-0.1, -0.05) is 0 Å². The number of likely N-dealkylation sites (N-methyl/N-ethyl adjacent to an activating group) is 1. The summed E-state index contributed by atoms with van der Waals surface area (Å²) in [6.45, 7) is 0.944. The molecule has 20 heavy (non-hydrogen) atoms. The van der Waals surface area contributed by atoms with Crippen LogP contribution in [0.3, 0.4) is 0 Å². The second-order valence-electron chi connectivity index (χ2n) is 5.97. The summed E-state index contributed by atoms with van der Waals surface area (Å²) in [6.07, 6.45) is 3.86. The van der Waals surface area contributed by atoms with Crippen LogP contribution in [0.1, 0.15) is 24.8 Å². The second kappa shape index (κ2) is 4.68. The van der Waals surface area contributed by atoms with Gasteiger partial charge in [-0.25, -0.2) is 4.39 Å². The Morgan fingerprint density at radius 2 is 2.15 bits per heavy atom. The first kappa shape index (κ1) is 12.5. The molecule has 0 amide bonds. The van der Waals surface area contributed by atoms with Gasteiger partial charge in [0.2, 0.25) is 0 Å². The fourth-order valence-electron chi connectivity index (χ4n) is 4.11. The SMILES string of the molecule is CNCC1=C(c2cc(F)cc3ccsc23)C2CCC1C2. The molecule has 1 aromatic carbocycles. The van der Waals surface area contributed by atoms with Gasteiger partial charge in [0.25, 0.3) is 0 Å². The molecular weight excluding hydrogens is 269 g/mol. The molecule has 0 spiro atoms. The molecule has 2 aliphatic rings. The first-order chi connectivity index (χ1) is 9.78. The fourth-order valence-corrected chi connectivity index (χ4v) is 5.02. The molecule has 1 fully saturated rings. The molecule has 0 aliphatic heterocycles. The van der Waals surface area contributed by atoms with Gasteiger partial charge in [0.1, 0.15) is 5.82 Å². The number of fused-ring (bicyclic) bond motifs is 3. The minimum atomic E-state index is -0.106. The van der Waals surface area contributed by atoms with E-state index in [1.165, 1.54) is 35.1 Å². The maximum Gasteiger partial charge on any atom is 0.124 e. The van der Waals surface area contributed by atoms with Crippen molar-refractivity contribution < 1.29 is 4.39 Å². The lowest BCUT2D eigenvalue weighted by Crippen LogP contribution is -2.16. The Balaban J connectivity index is 1.95. The van der Waals surface area contributed by atoms with E-state index < -0.39 is 0 Å². The normalized spacial score (nSPS) is 25.1. The van der Waals surface area contributed by atoms with Crippen LogP contribution in [-0.4, -0.2) is 13.6 Å². The molecule has 1 N–H and O–H groups in total. The van der Waals surface area contributed by atoms with Gasteiger partial charge in [0.05, 0.1) is 0 Å². The van der Waals surface area contributed by atoms with Crippen LogP contribution in [0.15, 0.2) is 29.2 Å². The van der Waals surface area contributed by atoms with Gasteiger partial charge < -0.3 is 5.32 Å². The maximum absolute atomic E-state index is 13.9. The number of benzene rings is 1. The zero-order chi connectivity index (χ0) is 13.7. The molecule has 2 unspecified atom stereocenters. The van der Waals surface area contributed by atoms with Gasteiger partial charge in [-0.3, -0.25) is 0 Å². The zero-order valence-corrected chi connectivity index (χ0v) is 12.4.